The summed E-state index contributed by atoms with van der Waals surface area (Å²) in [5.41, 5.74) is 0. The summed E-state index contributed by atoms with van der Waals surface area (Å²) in [5.74, 6) is 1.64. The molecule has 66 valence electrons. The topological polar surface area (TPSA) is 35.1 Å². The van der Waals surface area contributed by atoms with Gasteiger partial charge in [-0.2, -0.15) is 0 Å². The van der Waals surface area contributed by atoms with Crippen molar-refractivity contribution in [2.24, 2.45) is 11.8 Å². The quantitative estimate of drug-likeness (QED) is 0.640. The van der Waals surface area contributed by atoms with Gasteiger partial charge in [-0.1, -0.05) is 13.8 Å². The van der Waals surface area contributed by atoms with Crippen molar-refractivity contribution in [2.75, 3.05) is 0 Å². The molecule has 0 aliphatic heterocycles. The molecule has 0 amide bonds. The van der Waals surface area contributed by atoms with E-state index in [1.54, 1.807) is 0 Å². The first kappa shape index (κ1) is 9.44. The van der Waals surface area contributed by atoms with Crippen LogP contribution in [0.2, 0.25) is 0 Å². The van der Waals surface area contributed by atoms with Crippen LogP contribution in [0.1, 0.15) is 33.1 Å². The Bertz CT molecular complexity index is 121. The zero-order chi connectivity index (χ0) is 8.27. The number of hydrogen-bond donors (Lipinski definition) is 1. The largest absolute Gasteiger partial charge is 0.820 e. The molecule has 4 atom stereocenters. The summed E-state index contributed by atoms with van der Waals surface area (Å²) in [7, 11) is -0.330. The first-order valence-corrected chi connectivity index (χ1v) is 5.27. The van der Waals surface area contributed by atoms with Gasteiger partial charge in [-0.25, -0.2) is 0 Å². The molecule has 1 N–H and O–H groups in total. The Balaban J connectivity index is 2.28. The van der Waals surface area contributed by atoms with Gasteiger partial charge < -0.3 is 9.98 Å². The molecule has 0 heterocycles. The van der Waals surface area contributed by atoms with Gasteiger partial charge in [0.15, 0.2) is 0 Å². The van der Waals surface area contributed by atoms with Crippen LogP contribution < -0.4 is 9.98 Å². The molecule has 0 radical (unpaired) electrons. The van der Waals surface area contributed by atoms with E-state index >= 15 is 0 Å². The Labute approximate surface area is 70.7 Å². The van der Waals surface area contributed by atoms with Crippen LogP contribution >= 0.6 is 8.96 Å². The second-order valence-electron chi connectivity index (χ2n) is 3.71. The molecule has 2 unspecified atom stereocenters. The lowest BCUT2D eigenvalue weighted by Gasteiger charge is -2.33. The van der Waals surface area contributed by atoms with Crippen molar-refractivity contribution >= 4 is 8.96 Å². The van der Waals surface area contributed by atoms with Crippen molar-refractivity contribution in [2.45, 2.75) is 39.2 Å². The van der Waals surface area contributed by atoms with E-state index < -0.39 is 0 Å². The third-order valence-corrected chi connectivity index (χ3v) is 3.39. The molecule has 1 rings (SSSR count). The summed E-state index contributed by atoms with van der Waals surface area (Å²) in [4.78, 5) is 10.3. The summed E-state index contributed by atoms with van der Waals surface area (Å²) in [6.07, 6.45) is 3.67. The predicted molar refractivity (Wildman–Crippen MR) is 47.4 cm³/mol. The average Bonchev–Trinajstić information content (AvgIpc) is 1.98. The van der Waals surface area contributed by atoms with Crippen LogP contribution in [0.5, 0.6) is 0 Å². The molecular formula is C8H17NOP-. The zero-order valence-corrected chi connectivity index (χ0v) is 8.26. The molecule has 0 aromatic rings. The van der Waals surface area contributed by atoms with Gasteiger partial charge in [0.2, 0.25) is 0 Å². The van der Waals surface area contributed by atoms with Gasteiger partial charge in [0.25, 0.3) is 0 Å². The fourth-order valence-corrected chi connectivity index (χ4v) is 2.19. The number of rotatable bonds is 2. The molecule has 1 aliphatic carbocycles. The van der Waals surface area contributed by atoms with Gasteiger partial charge in [0.1, 0.15) is 0 Å². The maximum absolute atomic E-state index is 10.3. The normalized spacial score (nSPS) is 40.1. The molecule has 0 bridgehead atoms. The molecule has 3 heteroatoms. The fourth-order valence-electron chi connectivity index (χ4n) is 1.76. The first-order chi connectivity index (χ1) is 5.24. The second kappa shape index (κ2) is 4.39. The number of hydrogen-bond acceptors (Lipinski definition) is 2. The van der Waals surface area contributed by atoms with E-state index in [1.165, 1.54) is 19.3 Å². The van der Waals surface area contributed by atoms with Gasteiger partial charge in [0, 0.05) is 6.04 Å². The molecule has 11 heavy (non-hydrogen) atoms. The highest BCUT2D eigenvalue weighted by atomic mass is 31.1. The van der Waals surface area contributed by atoms with Gasteiger partial charge in [0.05, 0.1) is 0 Å². The lowest BCUT2D eigenvalue weighted by molar-refractivity contribution is -0.153. The molecule has 1 aliphatic rings. The minimum Gasteiger partial charge on any atom is -0.820 e. The summed E-state index contributed by atoms with van der Waals surface area (Å²) >= 11 is 0. The minimum absolute atomic E-state index is 0.330. The Morgan fingerprint density at radius 3 is 2.55 bits per heavy atom. The van der Waals surface area contributed by atoms with Crippen molar-refractivity contribution in [3.63, 3.8) is 0 Å². The van der Waals surface area contributed by atoms with Crippen LogP contribution in [0.25, 0.3) is 0 Å². The lowest BCUT2D eigenvalue weighted by Crippen LogP contribution is -2.32. The Kier molecular flexibility index (Phi) is 3.77. The van der Waals surface area contributed by atoms with Gasteiger partial charge >= 0.3 is 0 Å². The molecule has 0 spiro atoms. The number of nitrogens with one attached hydrogen (secondary N) is 1. The average molecular weight is 174 g/mol. The fraction of sp³-hybridized carbons (Fsp3) is 1.00. The highest BCUT2D eigenvalue weighted by Crippen LogP contribution is 2.29. The van der Waals surface area contributed by atoms with Gasteiger partial charge in [-0.15, -0.1) is 8.96 Å². The Morgan fingerprint density at radius 1 is 1.27 bits per heavy atom. The van der Waals surface area contributed by atoms with Gasteiger partial charge in [-0.05, 0) is 31.1 Å². The van der Waals surface area contributed by atoms with E-state index in [0.717, 1.165) is 11.8 Å². The zero-order valence-electron chi connectivity index (χ0n) is 7.26. The van der Waals surface area contributed by atoms with Crippen molar-refractivity contribution in [1.29, 1.82) is 0 Å². The van der Waals surface area contributed by atoms with Crippen LogP contribution in [0.15, 0.2) is 0 Å². The summed E-state index contributed by atoms with van der Waals surface area (Å²) < 4.78 is 0. The second-order valence-corrected chi connectivity index (χ2v) is 4.20. The highest BCUT2D eigenvalue weighted by molar-refractivity contribution is 7.26. The first-order valence-electron chi connectivity index (χ1n) is 4.36. The molecule has 1 saturated carbocycles. The Hall–Kier alpha value is 0.350. The van der Waals surface area contributed by atoms with E-state index in [2.05, 4.69) is 18.9 Å². The van der Waals surface area contributed by atoms with Crippen molar-refractivity contribution in [1.82, 2.24) is 5.09 Å². The van der Waals surface area contributed by atoms with Crippen LogP contribution in [0.4, 0.5) is 0 Å². The summed E-state index contributed by atoms with van der Waals surface area (Å²) in [6, 6.07) is 0.511. The molecular weight excluding hydrogens is 157 g/mol. The summed E-state index contributed by atoms with van der Waals surface area (Å²) in [5, 5.41) is 3.01. The molecule has 0 aromatic carbocycles. The third kappa shape index (κ3) is 2.70. The van der Waals surface area contributed by atoms with E-state index in [9.17, 15) is 4.89 Å². The van der Waals surface area contributed by atoms with E-state index in [-0.39, 0.29) is 8.96 Å². The van der Waals surface area contributed by atoms with Crippen molar-refractivity contribution in [3.8, 4) is 0 Å². The maximum Gasteiger partial charge on any atom is 0.00914 e. The minimum atomic E-state index is -0.330. The highest BCUT2D eigenvalue weighted by Gasteiger charge is 2.22. The lowest BCUT2D eigenvalue weighted by atomic mass is 9.79. The maximum atomic E-state index is 10.3. The van der Waals surface area contributed by atoms with Crippen LogP contribution in [-0.4, -0.2) is 6.04 Å². The standard InChI is InChI=1S/C8H17NOP/c1-6-3-4-8(9-11-10)5-7(6)2/h6-9,11H,3-5H2,1-2H3/q-1/t6-,7+,8?/m1/s1. The molecule has 1 fully saturated rings. The Morgan fingerprint density at radius 2 is 2.00 bits per heavy atom. The van der Waals surface area contributed by atoms with Crippen LogP contribution in [-0.2, 0) is 0 Å². The SMILES string of the molecule is C[C@@H]1CCC(NP[O-])C[C@@H]1C. The van der Waals surface area contributed by atoms with Gasteiger partial charge in [-0.3, -0.25) is 0 Å². The van der Waals surface area contributed by atoms with E-state index in [1.807, 2.05) is 0 Å². The third-order valence-electron chi connectivity index (χ3n) is 2.86. The molecule has 0 aromatic heterocycles. The van der Waals surface area contributed by atoms with E-state index in [4.69, 9.17) is 0 Å². The van der Waals surface area contributed by atoms with Crippen LogP contribution in [0, 0.1) is 11.8 Å². The summed E-state index contributed by atoms with van der Waals surface area (Å²) in [6.45, 7) is 4.59. The van der Waals surface area contributed by atoms with Crippen LogP contribution in [0.3, 0.4) is 0 Å². The van der Waals surface area contributed by atoms with Crippen molar-refractivity contribution in [3.05, 3.63) is 0 Å². The smallest absolute Gasteiger partial charge is 0.00914 e. The predicted octanol–water partition coefficient (Wildman–Crippen LogP) is 1.27. The molecule has 2 nitrogen and oxygen atoms in total. The molecule has 0 saturated heterocycles. The van der Waals surface area contributed by atoms with E-state index in [0.29, 0.717) is 6.04 Å². The van der Waals surface area contributed by atoms with Crippen molar-refractivity contribution < 1.29 is 4.89 Å². The monoisotopic (exact) mass is 174 g/mol.